The molecule has 3 rings (SSSR count). The first kappa shape index (κ1) is 22.5. The summed E-state index contributed by atoms with van der Waals surface area (Å²) >= 11 is 0.839. The van der Waals surface area contributed by atoms with Crippen molar-refractivity contribution in [3.05, 3.63) is 52.3 Å². The second kappa shape index (κ2) is 9.74. The van der Waals surface area contributed by atoms with E-state index in [2.05, 4.69) is 4.74 Å². The van der Waals surface area contributed by atoms with E-state index in [9.17, 15) is 14.4 Å². The number of furan rings is 1. The van der Waals surface area contributed by atoms with Crippen molar-refractivity contribution in [1.82, 2.24) is 4.90 Å². The minimum atomic E-state index is -0.630. The fourth-order valence-electron chi connectivity index (χ4n) is 2.79. The van der Waals surface area contributed by atoms with Crippen LogP contribution >= 0.6 is 11.8 Å². The summed E-state index contributed by atoms with van der Waals surface area (Å²) in [6, 6.07) is 8.29. The SMILES string of the molecule is CCC(C)Oc1ccc(C=C2SC(=O)N(Cc3ccc(C(=O)OC)o3)C2=O)cc1OC. The normalized spacial score (nSPS) is 16.0. The van der Waals surface area contributed by atoms with Crippen molar-refractivity contribution in [3.8, 4) is 11.5 Å². The summed E-state index contributed by atoms with van der Waals surface area (Å²) in [5.41, 5.74) is 0.699. The summed E-state index contributed by atoms with van der Waals surface area (Å²) < 4.78 is 21.2. The summed E-state index contributed by atoms with van der Waals surface area (Å²) in [7, 11) is 2.78. The Labute approximate surface area is 184 Å². The van der Waals surface area contributed by atoms with Crippen LogP contribution in [-0.4, -0.2) is 42.3 Å². The molecule has 1 fully saturated rings. The number of thioether (sulfide) groups is 1. The van der Waals surface area contributed by atoms with Gasteiger partial charge in [0.05, 0.1) is 31.8 Å². The van der Waals surface area contributed by atoms with Crippen molar-refractivity contribution in [1.29, 1.82) is 0 Å². The van der Waals surface area contributed by atoms with Gasteiger partial charge in [0.2, 0.25) is 5.76 Å². The number of carbonyl (C=O) groups excluding carboxylic acids is 3. The standard InChI is InChI=1S/C22H23NO7S/c1-5-13(2)29-16-8-6-14(10-18(16)27-3)11-19-20(24)23(22(26)31-19)12-15-7-9-17(30-15)21(25)28-4/h6-11,13H,5,12H2,1-4H3. The van der Waals surface area contributed by atoms with E-state index in [1.165, 1.54) is 19.2 Å². The fraction of sp³-hybridized carbons (Fsp3) is 0.318. The lowest BCUT2D eigenvalue weighted by Gasteiger charge is -2.15. The zero-order valence-corrected chi connectivity index (χ0v) is 18.5. The molecular formula is C22H23NO7S. The summed E-state index contributed by atoms with van der Waals surface area (Å²) in [6.45, 7) is 3.92. The van der Waals surface area contributed by atoms with Crippen molar-refractivity contribution >= 4 is 35.0 Å². The molecule has 0 bridgehead atoms. The van der Waals surface area contributed by atoms with Gasteiger partial charge in [-0.1, -0.05) is 13.0 Å². The smallest absolute Gasteiger partial charge is 0.373 e. The number of hydrogen-bond acceptors (Lipinski definition) is 8. The Morgan fingerprint density at radius 3 is 2.65 bits per heavy atom. The first-order valence-electron chi connectivity index (χ1n) is 9.63. The molecule has 1 aromatic carbocycles. The number of esters is 1. The Balaban J connectivity index is 1.76. The molecule has 2 amide bonds. The van der Waals surface area contributed by atoms with Crippen LogP contribution in [-0.2, 0) is 16.1 Å². The van der Waals surface area contributed by atoms with E-state index < -0.39 is 17.1 Å². The molecule has 0 N–H and O–H groups in total. The number of nitrogens with zero attached hydrogens (tertiary/aromatic N) is 1. The third kappa shape index (κ3) is 5.11. The van der Waals surface area contributed by atoms with Crippen LogP contribution in [0.4, 0.5) is 4.79 Å². The van der Waals surface area contributed by atoms with Crippen LogP contribution in [0.3, 0.4) is 0 Å². The van der Waals surface area contributed by atoms with Crippen LogP contribution in [0, 0.1) is 0 Å². The second-order valence-electron chi connectivity index (χ2n) is 6.77. The topological polar surface area (TPSA) is 95.3 Å². The van der Waals surface area contributed by atoms with E-state index in [1.54, 1.807) is 31.4 Å². The number of imide groups is 1. The van der Waals surface area contributed by atoms with Gasteiger partial charge in [0.25, 0.3) is 11.1 Å². The lowest BCUT2D eigenvalue weighted by atomic mass is 10.1. The predicted molar refractivity (Wildman–Crippen MR) is 115 cm³/mol. The van der Waals surface area contributed by atoms with Crippen molar-refractivity contribution < 1.29 is 33.0 Å². The Bertz CT molecular complexity index is 1030. The van der Waals surface area contributed by atoms with Crippen LogP contribution in [0.2, 0.25) is 0 Å². The first-order valence-corrected chi connectivity index (χ1v) is 10.4. The molecule has 1 aliphatic rings. The van der Waals surface area contributed by atoms with Gasteiger partial charge < -0.3 is 18.6 Å². The Morgan fingerprint density at radius 1 is 1.19 bits per heavy atom. The van der Waals surface area contributed by atoms with Crippen LogP contribution in [0.1, 0.15) is 42.1 Å². The molecule has 164 valence electrons. The minimum Gasteiger partial charge on any atom is -0.493 e. The summed E-state index contributed by atoms with van der Waals surface area (Å²) in [5, 5.41) is -0.420. The zero-order chi connectivity index (χ0) is 22.5. The number of benzene rings is 1. The van der Waals surface area contributed by atoms with Gasteiger partial charge in [0.15, 0.2) is 11.5 Å². The number of rotatable bonds is 8. The Morgan fingerprint density at radius 2 is 1.97 bits per heavy atom. The molecule has 1 unspecified atom stereocenters. The lowest BCUT2D eigenvalue weighted by molar-refractivity contribution is -0.123. The quantitative estimate of drug-likeness (QED) is 0.433. The largest absolute Gasteiger partial charge is 0.493 e. The van der Waals surface area contributed by atoms with Crippen molar-refractivity contribution in [2.75, 3.05) is 14.2 Å². The van der Waals surface area contributed by atoms with Gasteiger partial charge in [-0.3, -0.25) is 14.5 Å². The monoisotopic (exact) mass is 445 g/mol. The average molecular weight is 445 g/mol. The zero-order valence-electron chi connectivity index (χ0n) is 17.7. The van der Waals surface area contributed by atoms with Crippen LogP contribution in [0.25, 0.3) is 6.08 Å². The Hall–Kier alpha value is -3.20. The van der Waals surface area contributed by atoms with Gasteiger partial charge in [-0.15, -0.1) is 0 Å². The third-order valence-corrected chi connectivity index (χ3v) is 5.53. The van der Waals surface area contributed by atoms with Gasteiger partial charge in [0, 0.05) is 0 Å². The van der Waals surface area contributed by atoms with Crippen LogP contribution in [0.5, 0.6) is 11.5 Å². The maximum absolute atomic E-state index is 12.8. The molecule has 31 heavy (non-hydrogen) atoms. The summed E-state index contributed by atoms with van der Waals surface area (Å²) in [4.78, 5) is 38.0. The number of methoxy groups -OCH3 is 2. The molecule has 0 saturated carbocycles. The summed E-state index contributed by atoms with van der Waals surface area (Å²) in [5.74, 6) is 0.393. The van der Waals surface area contributed by atoms with Gasteiger partial charge in [0.1, 0.15) is 5.76 Å². The van der Waals surface area contributed by atoms with Crippen molar-refractivity contribution in [3.63, 3.8) is 0 Å². The van der Waals surface area contributed by atoms with Gasteiger partial charge in [-0.25, -0.2) is 4.79 Å². The van der Waals surface area contributed by atoms with E-state index >= 15 is 0 Å². The first-order chi connectivity index (χ1) is 14.9. The molecular weight excluding hydrogens is 422 g/mol. The second-order valence-corrected chi connectivity index (χ2v) is 7.77. The maximum atomic E-state index is 12.8. The highest BCUT2D eigenvalue weighted by Crippen LogP contribution is 2.35. The van der Waals surface area contributed by atoms with Crippen LogP contribution in [0.15, 0.2) is 39.7 Å². The highest BCUT2D eigenvalue weighted by Gasteiger charge is 2.35. The molecule has 8 nitrogen and oxygen atoms in total. The van der Waals surface area contributed by atoms with E-state index in [4.69, 9.17) is 13.9 Å². The van der Waals surface area contributed by atoms with E-state index in [0.717, 1.165) is 23.1 Å². The highest BCUT2D eigenvalue weighted by atomic mass is 32.2. The predicted octanol–water partition coefficient (Wildman–Crippen LogP) is 4.49. The molecule has 0 radical (unpaired) electrons. The lowest BCUT2D eigenvalue weighted by Crippen LogP contribution is -2.27. The number of amides is 2. The van der Waals surface area contributed by atoms with E-state index in [0.29, 0.717) is 22.8 Å². The molecule has 1 aliphatic heterocycles. The number of hydrogen-bond donors (Lipinski definition) is 0. The average Bonchev–Trinajstić information content (AvgIpc) is 3.34. The maximum Gasteiger partial charge on any atom is 0.373 e. The Kier molecular flexibility index (Phi) is 7.06. The molecule has 9 heteroatoms. The minimum absolute atomic E-state index is 0.00630. The molecule has 1 aromatic heterocycles. The summed E-state index contributed by atoms with van der Waals surface area (Å²) in [6.07, 6.45) is 2.52. The number of carbonyl (C=O) groups is 3. The molecule has 2 heterocycles. The van der Waals surface area contributed by atoms with Gasteiger partial charge >= 0.3 is 5.97 Å². The number of ether oxygens (including phenoxy) is 3. The molecule has 1 saturated heterocycles. The van der Waals surface area contributed by atoms with Crippen molar-refractivity contribution in [2.24, 2.45) is 0 Å². The van der Waals surface area contributed by atoms with Crippen LogP contribution < -0.4 is 9.47 Å². The fourth-order valence-corrected chi connectivity index (χ4v) is 3.63. The molecule has 2 aromatic rings. The molecule has 0 aliphatic carbocycles. The highest BCUT2D eigenvalue weighted by molar-refractivity contribution is 8.18. The van der Waals surface area contributed by atoms with Gasteiger partial charge in [-0.05, 0) is 61.0 Å². The molecule has 1 atom stereocenters. The van der Waals surface area contributed by atoms with Gasteiger partial charge in [-0.2, -0.15) is 0 Å². The third-order valence-electron chi connectivity index (χ3n) is 4.62. The van der Waals surface area contributed by atoms with E-state index in [1.807, 2.05) is 13.8 Å². The molecule has 0 spiro atoms. The van der Waals surface area contributed by atoms with E-state index in [-0.39, 0.29) is 23.3 Å². The van der Waals surface area contributed by atoms with Crippen molar-refractivity contribution in [2.45, 2.75) is 32.9 Å².